The van der Waals surface area contributed by atoms with Crippen LogP contribution >= 0.6 is 0 Å². The summed E-state index contributed by atoms with van der Waals surface area (Å²) in [6.07, 6.45) is 11.6. The van der Waals surface area contributed by atoms with Gasteiger partial charge in [-0.15, -0.1) is 0 Å². The highest BCUT2D eigenvalue weighted by Gasteiger charge is 2.23. The Labute approximate surface area is 147 Å². The highest BCUT2D eigenvalue weighted by Crippen LogP contribution is 2.33. The summed E-state index contributed by atoms with van der Waals surface area (Å²) >= 11 is 0. The van der Waals surface area contributed by atoms with Crippen LogP contribution in [0.2, 0.25) is 0 Å². The summed E-state index contributed by atoms with van der Waals surface area (Å²) in [4.78, 5) is 17.4. The maximum Gasteiger partial charge on any atom is 0.223 e. The monoisotopic (exact) mass is 331 g/mol. The molecule has 2 heterocycles. The molecule has 1 N–H and O–H groups in total. The molecule has 2 unspecified atom stereocenters. The van der Waals surface area contributed by atoms with Gasteiger partial charge in [0.25, 0.3) is 0 Å². The van der Waals surface area contributed by atoms with Crippen LogP contribution in [0.25, 0.3) is 11.4 Å². The van der Waals surface area contributed by atoms with Crippen LogP contribution in [0.5, 0.6) is 0 Å². The summed E-state index contributed by atoms with van der Waals surface area (Å²) in [5.74, 6) is 1.28. The van der Waals surface area contributed by atoms with Gasteiger partial charge in [-0.05, 0) is 36.8 Å². The lowest BCUT2D eigenvalue weighted by Crippen LogP contribution is -2.27. The van der Waals surface area contributed by atoms with Crippen molar-refractivity contribution in [2.75, 3.05) is 5.32 Å². The molecule has 126 valence electrons. The second-order valence-electron chi connectivity index (χ2n) is 6.47. The molecule has 0 aliphatic heterocycles. The highest BCUT2D eigenvalue weighted by molar-refractivity contribution is 5.53. The van der Waals surface area contributed by atoms with Gasteiger partial charge in [-0.2, -0.15) is 0 Å². The fourth-order valence-electron chi connectivity index (χ4n) is 3.53. The first-order valence-electron chi connectivity index (χ1n) is 8.79. The Morgan fingerprint density at radius 2 is 1.80 bits per heavy atom. The number of benzene rings is 1. The summed E-state index contributed by atoms with van der Waals surface area (Å²) in [6.45, 7) is 0. The first kappa shape index (κ1) is 15.7. The molecule has 2 atom stereocenters. The highest BCUT2D eigenvalue weighted by atomic mass is 15.1. The third-order valence-corrected chi connectivity index (χ3v) is 4.76. The van der Waals surface area contributed by atoms with Gasteiger partial charge in [0.2, 0.25) is 5.95 Å². The summed E-state index contributed by atoms with van der Waals surface area (Å²) in [5.41, 5.74) is 2.99. The number of rotatable bonds is 4. The summed E-state index contributed by atoms with van der Waals surface area (Å²) < 4.78 is 0. The van der Waals surface area contributed by atoms with Crippen molar-refractivity contribution in [1.29, 1.82) is 0 Å². The number of nitrogens with one attached hydrogen (secondary N) is 1. The second-order valence-corrected chi connectivity index (χ2v) is 6.47. The predicted octanol–water partition coefficient (Wildman–Crippen LogP) is 4.07. The summed E-state index contributed by atoms with van der Waals surface area (Å²) in [7, 11) is 0. The molecule has 5 nitrogen and oxygen atoms in total. The maximum atomic E-state index is 4.61. The summed E-state index contributed by atoms with van der Waals surface area (Å²) in [5, 5.41) is 3.52. The standard InChI is InChI=1S/C20H21N5/c1-2-5-15(6-3-1)16-7-4-8-17(13-16)24-20-23-10-9-18(25-20)19-14-21-11-12-22-19/h1-3,5-6,9-12,14,16-17H,4,7-8,13H2,(H,23,24,25). The molecule has 0 radical (unpaired) electrons. The van der Waals surface area contributed by atoms with Crippen LogP contribution in [0, 0.1) is 0 Å². The third-order valence-electron chi connectivity index (χ3n) is 4.76. The minimum absolute atomic E-state index is 0.399. The first-order valence-corrected chi connectivity index (χ1v) is 8.79. The molecule has 5 heteroatoms. The van der Waals surface area contributed by atoms with Gasteiger partial charge in [0.15, 0.2) is 0 Å². The van der Waals surface area contributed by atoms with Gasteiger partial charge < -0.3 is 5.32 Å². The lowest BCUT2D eigenvalue weighted by molar-refractivity contribution is 0.409. The molecule has 25 heavy (non-hydrogen) atoms. The van der Waals surface area contributed by atoms with E-state index in [4.69, 9.17) is 0 Å². The quantitative estimate of drug-likeness (QED) is 0.780. The van der Waals surface area contributed by atoms with Crippen molar-refractivity contribution in [3.05, 3.63) is 66.7 Å². The van der Waals surface area contributed by atoms with Gasteiger partial charge in [-0.3, -0.25) is 9.97 Å². The fourth-order valence-corrected chi connectivity index (χ4v) is 3.53. The predicted molar refractivity (Wildman–Crippen MR) is 98.1 cm³/mol. The van der Waals surface area contributed by atoms with Crippen LogP contribution in [-0.4, -0.2) is 26.0 Å². The fraction of sp³-hybridized carbons (Fsp3) is 0.300. The SMILES string of the molecule is c1ccc(C2CCCC(Nc3nccc(-c4cnccn4)n3)C2)cc1. The Balaban J connectivity index is 1.47. The van der Waals surface area contributed by atoms with Gasteiger partial charge in [-0.1, -0.05) is 36.8 Å². The van der Waals surface area contributed by atoms with E-state index in [0.29, 0.717) is 17.9 Å². The molecular formula is C20H21N5. The summed E-state index contributed by atoms with van der Waals surface area (Å²) in [6, 6.07) is 13.1. The van der Waals surface area contributed by atoms with Crippen molar-refractivity contribution >= 4 is 5.95 Å². The molecule has 2 aromatic heterocycles. The van der Waals surface area contributed by atoms with Gasteiger partial charge in [0.1, 0.15) is 5.69 Å². The molecule has 3 aromatic rings. The Morgan fingerprint density at radius 3 is 2.64 bits per heavy atom. The molecule has 0 saturated heterocycles. The minimum Gasteiger partial charge on any atom is -0.351 e. The topological polar surface area (TPSA) is 63.6 Å². The van der Waals surface area contributed by atoms with Crippen LogP contribution < -0.4 is 5.32 Å². The molecule has 4 rings (SSSR count). The first-order chi connectivity index (χ1) is 12.4. The Hall–Kier alpha value is -2.82. The smallest absolute Gasteiger partial charge is 0.223 e. The van der Waals surface area contributed by atoms with Crippen LogP contribution in [-0.2, 0) is 0 Å². The van der Waals surface area contributed by atoms with Crippen molar-refractivity contribution in [2.45, 2.75) is 37.6 Å². The van der Waals surface area contributed by atoms with Crippen LogP contribution in [0.3, 0.4) is 0 Å². The number of nitrogens with zero attached hydrogens (tertiary/aromatic N) is 4. The van der Waals surface area contributed by atoms with Crippen molar-refractivity contribution in [1.82, 2.24) is 19.9 Å². The minimum atomic E-state index is 0.399. The van der Waals surface area contributed by atoms with E-state index in [1.807, 2.05) is 6.07 Å². The van der Waals surface area contributed by atoms with E-state index in [1.54, 1.807) is 24.8 Å². The van der Waals surface area contributed by atoms with Gasteiger partial charge in [0, 0.05) is 24.6 Å². The molecule has 0 amide bonds. The van der Waals surface area contributed by atoms with Gasteiger partial charge in [-0.25, -0.2) is 9.97 Å². The van der Waals surface area contributed by atoms with E-state index in [9.17, 15) is 0 Å². The van der Waals surface area contributed by atoms with Gasteiger partial charge >= 0.3 is 0 Å². The lowest BCUT2D eigenvalue weighted by Gasteiger charge is -2.30. The van der Waals surface area contributed by atoms with E-state index in [0.717, 1.165) is 24.2 Å². The largest absolute Gasteiger partial charge is 0.351 e. The molecule has 1 fully saturated rings. The molecule has 1 aromatic carbocycles. The second kappa shape index (κ2) is 7.38. The zero-order chi connectivity index (χ0) is 16.9. The van der Waals surface area contributed by atoms with E-state index in [-0.39, 0.29) is 0 Å². The van der Waals surface area contributed by atoms with Crippen molar-refractivity contribution in [3.8, 4) is 11.4 Å². The average molecular weight is 331 g/mol. The Kier molecular flexibility index (Phi) is 4.63. The zero-order valence-corrected chi connectivity index (χ0v) is 14.0. The number of hydrogen-bond donors (Lipinski definition) is 1. The average Bonchev–Trinajstić information content (AvgIpc) is 2.70. The number of hydrogen-bond acceptors (Lipinski definition) is 5. The third kappa shape index (κ3) is 3.82. The molecule has 1 aliphatic rings. The Morgan fingerprint density at radius 1 is 0.880 bits per heavy atom. The zero-order valence-electron chi connectivity index (χ0n) is 14.0. The lowest BCUT2D eigenvalue weighted by atomic mass is 9.81. The van der Waals surface area contributed by atoms with Crippen LogP contribution in [0.4, 0.5) is 5.95 Å². The van der Waals surface area contributed by atoms with E-state index >= 15 is 0 Å². The van der Waals surface area contributed by atoms with Gasteiger partial charge in [0.05, 0.1) is 11.9 Å². The van der Waals surface area contributed by atoms with E-state index in [1.165, 1.54) is 18.4 Å². The number of aromatic nitrogens is 4. The maximum absolute atomic E-state index is 4.61. The van der Waals surface area contributed by atoms with E-state index < -0.39 is 0 Å². The normalized spacial score (nSPS) is 20.2. The Bertz CT molecular complexity index is 807. The van der Waals surface area contributed by atoms with Crippen LogP contribution in [0.15, 0.2) is 61.2 Å². The van der Waals surface area contributed by atoms with Crippen molar-refractivity contribution in [3.63, 3.8) is 0 Å². The molecule has 1 aliphatic carbocycles. The van der Waals surface area contributed by atoms with E-state index in [2.05, 4.69) is 55.6 Å². The molecule has 0 spiro atoms. The van der Waals surface area contributed by atoms with Crippen molar-refractivity contribution in [2.24, 2.45) is 0 Å². The van der Waals surface area contributed by atoms with Crippen molar-refractivity contribution < 1.29 is 0 Å². The van der Waals surface area contributed by atoms with Crippen LogP contribution in [0.1, 0.15) is 37.2 Å². The molecular weight excluding hydrogens is 310 g/mol. The molecule has 0 bridgehead atoms. The number of anilines is 1. The molecule has 1 saturated carbocycles.